The molecule has 2 heterocycles. The lowest BCUT2D eigenvalue weighted by atomic mass is 9.91. The van der Waals surface area contributed by atoms with Crippen molar-refractivity contribution in [2.45, 2.75) is 44.4 Å². The van der Waals surface area contributed by atoms with Crippen LogP contribution >= 0.6 is 0 Å². The molecule has 4 heteroatoms. The molecule has 2 fully saturated rings. The number of piperazine rings is 1. The van der Waals surface area contributed by atoms with Crippen LogP contribution in [-0.4, -0.2) is 67.3 Å². The summed E-state index contributed by atoms with van der Waals surface area (Å²) in [5, 5.41) is 0. The average molecular weight is 241 g/mol. The van der Waals surface area contributed by atoms with Gasteiger partial charge >= 0.3 is 0 Å². The Morgan fingerprint density at radius 2 is 2.12 bits per heavy atom. The van der Waals surface area contributed by atoms with E-state index in [0.717, 1.165) is 45.6 Å². The summed E-state index contributed by atoms with van der Waals surface area (Å²) in [6.07, 6.45) is 2.29. The third kappa shape index (κ3) is 3.19. The highest BCUT2D eigenvalue weighted by molar-refractivity contribution is 4.91. The third-order valence-electron chi connectivity index (χ3n) is 4.14. The van der Waals surface area contributed by atoms with Crippen molar-refractivity contribution in [2.75, 3.05) is 39.8 Å². The Balaban J connectivity index is 2.00. The van der Waals surface area contributed by atoms with E-state index in [1.807, 2.05) is 0 Å². The maximum absolute atomic E-state index is 5.93. The van der Waals surface area contributed by atoms with E-state index in [9.17, 15) is 0 Å². The zero-order valence-corrected chi connectivity index (χ0v) is 11.5. The molecule has 0 aromatic heterocycles. The quantitative estimate of drug-likeness (QED) is 0.765. The lowest BCUT2D eigenvalue weighted by Gasteiger charge is -2.48. The maximum Gasteiger partial charge on any atom is 0.0641 e. The van der Waals surface area contributed by atoms with Crippen molar-refractivity contribution in [3.8, 4) is 0 Å². The smallest absolute Gasteiger partial charge is 0.0641 e. The van der Waals surface area contributed by atoms with Gasteiger partial charge in [-0.05, 0) is 33.7 Å². The van der Waals surface area contributed by atoms with Gasteiger partial charge in [-0.3, -0.25) is 4.90 Å². The summed E-state index contributed by atoms with van der Waals surface area (Å²) in [5.74, 6) is 0. The summed E-state index contributed by atoms with van der Waals surface area (Å²) in [6.45, 7) is 9.48. The minimum atomic E-state index is 0.0331. The molecule has 4 nitrogen and oxygen atoms in total. The van der Waals surface area contributed by atoms with Crippen molar-refractivity contribution in [2.24, 2.45) is 5.73 Å². The van der Waals surface area contributed by atoms with Gasteiger partial charge in [0.05, 0.1) is 5.60 Å². The highest BCUT2D eigenvalue weighted by atomic mass is 16.5. The monoisotopic (exact) mass is 241 g/mol. The topological polar surface area (TPSA) is 41.7 Å². The normalized spacial score (nSPS) is 36.0. The van der Waals surface area contributed by atoms with E-state index in [1.54, 1.807) is 0 Å². The van der Waals surface area contributed by atoms with E-state index in [-0.39, 0.29) is 5.60 Å². The van der Waals surface area contributed by atoms with Gasteiger partial charge < -0.3 is 15.4 Å². The van der Waals surface area contributed by atoms with Crippen molar-refractivity contribution >= 4 is 0 Å². The van der Waals surface area contributed by atoms with Gasteiger partial charge in [-0.25, -0.2) is 0 Å². The Hall–Kier alpha value is -0.160. The largest absolute Gasteiger partial charge is 0.375 e. The van der Waals surface area contributed by atoms with Crippen LogP contribution in [0.5, 0.6) is 0 Å². The van der Waals surface area contributed by atoms with E-state index in [0.29, 0.717) is 12.1 Å². The van der Waals surface area contributed by atoms with Crippen molar-refractivity contribution in [1.29, 1.82) is 0 Å². The number of nitrogens with two attached hydrogens (primary N) is 1. The molecule has 0 saturated carbocycles. The molecule has 0 radical (unpaired) electrons. The first-order valence-corrected chi connectivity index (χ1v) is 6.80. The second kappa shape index (κ2) is 5.22. The first kappa shape index (κ1) is 13.3. The minimum Gasteiger partial charge on any atom is -0.375 e. The second-order valence-electron chi connectivity index (χ2n) is 6.14. The van der Waals surface area contributed by atoms with E-state index in [2.05, 4.69) is 30.7 Å². The molecule has 2 rings (SSSR count). The number of hydrogen-bond acceptors (Lipinski definition) is 4. The van der Waals surface area contributed by atoms with Crippen LogP contribution in [0, 0.1) is 0 Å². The highest BCUT2D eigenvalue weighted by Gasteiger charge is 2.36. The van der Waals surface area contributed by atoms with E-state index in [1.165, 1.54) is 0 Å². The van der Waals surface area contributed by atoms with Gasteiger partial charge in [0.15, 0.2) is 0 Å². The predicted molar refractivity (Wildman–Crippen MR) is 70.1 cm³/mol. The van der Waals surface area contributed by atoms with Crippen molar-refractivity contribution < 1.29 is 4.74 Å². The SMILES string of the molecule is CN1CCN(C2CCOC(C)(C)C2)C(CN)C1. The minimum absolute atomic E-state index is 0.0331. The van der Waals surface area contributed by atoms with E-state index >= 15 is 0 Å². The Morgan fingerprint density at radius 3 is 2.76 bits per heavy atom. The Labute approximate surface area is 105 Å². The predicted octanol–water partition coefficient (Wildman–Crippen LogP) is 0.519. The fraction of sp³-hybridized carbons (Fsp3) is 1.00. The molecule has 100 valence electrons. The van der Waals surface area contributed by atoms with Crippen LogP contribution in [0.1, 0.15) is 26.7 Å². The molecular formula is C13H27N3O. The second-order valence-corrected chi connectivity index (χ2v) is 6.14. The first-order valence-electron chi connectivity index (χ1n) is 6.80. The number of hydrogen-bond donors (Lipinski definition) is 1. The standard InChI is InChI=1S/C13H27N3O/c1-13(2)8-11(4-7-17-13)16-6-5-15(3)10-12(16)9-14/h11-12H,4-10,14H2,1-3H3. The first-order chi connectivity index (χ1) is 8.02. The van der Waals surface area contributed by atoms with Gasteiger partial charge in [-0.1, -0.05) is 0 Å². The summed E-state index contributed by atoms with van der Waals surface area (Å²) in [5.41, 5.74) is 5.96. The molecule has 2 atom stereocenters. The van der Waals surface area contributed by atoms with Crippen molar-refractivity contribution in [3.63, 3.8) is 0 Å². The lowest BCUT2D eigenvalue weighted by molar-refractivity contribution is -0.0955. The lowest BCUT2D eigenvalue weighted by Crippen LogP contribution is -2.60. The Kier molecular flexibility index (Phi) is 4.08. The molecule has 0 amide bonds. The molecule has 0 bridgehead atoms. The summed E-state index contributed by atoms with van der Waals surface area (Å²) < 4.78 is 5.81. The highest BCUT2D eigenvalue weighted by Crippen LogP contribution is 2.29. The van der Waals surface area contributed by atoms with Crippen LogP contribution in [0.3, 0.4) is 0 Å². The van der Waals surface area contributed by atoms with E-state index < -0.39 is 0 Å². The molecule has 2 unspecified atom stereocenters. The summed E-state index contributed by atoms with van der Waals surface area (Å²) in [6, 6.07) is 1.17. The Bertz CT molecular complexity index is 257. The molecule has 2 aliphatic rings. The van der Waals surface area contributed by atoms with Gasteiger partial charge in [-0.15, -0.1) is 0 Å². The van der Waals surface area contributed by atoms with Crippen LogP contribution in [-0.2, 0) is 4.74 Å². The molecule has 17 heavy (non-hydrogen) atoms. The summed E-state index contributed by atoms with van der Waals surface area (Å²) in [7, 11) is 2.19. The molecule has 0 aromatic rings. The molecule has 0 spiro atoms. The van der Waals surface area contributed by atoms with Gasteiger partial charge in [0.2, 0.25) is 0 Å². The van der Waals surface area contributed by atoms with Crippen LogP contribution in [0.15, 0.2) is 0 Å². The average Bonchev–Trinajstić information content (AvgIpc) is 2.27. The zero-order chi connectivity index (χ0) is 12.5. The fourth-order valence-electron chi connectivity index (χ4n) is 3.20. The molecule has 0 aromatic carbocycles. The van der Waals surface area contributed by atoms with Crippen LogP contribution in [0.25, 0.3) is 0 Å². The number of rotatable bonds is 2. The van der Waals surface area contributed by atoms with Crippen molar-refractivity contribution in [1.82, 2.24) is 9.80 Å². The Morgan fingerprint density at radius 1 is 1.35 bits per heavy atom. The van der Waals surface area contributed by atoms with Crippen molar-refractivity contribution in [3.05, 3.63) is 0 Å². The zero-order valence-electron chi connectivity index (χ0n) is 11.5. The summed E-state index contributed by atoms with van der Waals surface area (Å²) >= 11 is 0. The molecule has 2 saturated heterocycles. The number of likely N-dealkylation sites (N-methyl/N-ethyl adjacent to an activating group) is 1. The van der Waals surface area contributed by atoms with Gasteiger partial charge in [0.25, 0.3) is 0 Å². The molecule has 0 aliphatic carbocycles. The molecule has 2 N–H and O–H groups in total. The van der Waals surface area contributed by atoms with Gasteiger partial charge in [-0.2, -0.15) is 0 Å². The summed E-state index contributed by atoms with van der Waals surface area (Å²) in [4.78, 5) is 5.02. The maximum atomic E-state index is 5.93. The van der Waals surface area contributed by atoms with Crippen LogP contribution < -0.4 is 5.73 Å². The van der Waals surface area contributed by atoms with E-state index in [4.69, 9.17) is 10.5 Å². The van der Waals surface area contributed by atoms with Gasteiger partial charge in [0, 0.05) is 44.9 Å². The molecular weight excluding hydrogens is 214 g/mol. The number of nitrogens with zero attached hydrogens (tertiary/aromatic N) is 2. The fourth-order valence-corrected chi connectivity index (χ4v) is 3.20. The third-order valence-corrected chi connectivity index (χ3v) is 4.14. The van der Waals surface area contributed by atoms with Gasteiger partial charge in [0.1, 0.15) is 0 Å². The van der Waals surface area contributed by atoms with Crippen LogP contribution in [0.2, 0.25) is 0 Å². The number of ether oxygens (including phenoxy) is 1. The molecule has 2 aliphatic heterocycles. The van der Waals surface area contributed by atoms with Crippen LogP contribution in [0.4, 0.5) is 0 Å².